The molecule has 0 spiro atoms. The summed E-state index contributed by atoms with van der Waals surface area (Å²) in [4.78, 5) is 12.3. The molecule has 88 valence electrons. The first-order chi connectivity index (χ1) is 7.63. The molecular formula is C11H17N3O2. The highest BCUT2D eigenvalue weighted by atomic mass is 16.6. The molecule has 0 radical (unpaired) electrons. The van der Waals surface area contributed by atoms with Crippen molar-refractivity contribution in [2.45, 2.75) is 13.0 Å². The summed E-state index contributed by atoms with van der Waals surface area (Å²) in [6.45, 7) is 2.28. The Labute approximate surface area is 95.0 Å². The lowest BCUT2D eigenvalue weighted by atomic mass is 10.2. The Balaban J connectivity index is 2.59. The Kier molecular flexibility index (Phi) is 4.88. The number of hydrogen-bond acceptors (Lipinski definition) is 4. The third-order valence-electron chi connectivity index (χ3n) is 2.32. The van der Waals surface area contributed by atoms with E-state index in [4.69, 9.17) is 5.73 Å². The van der Waals surface area contributed by atoms with Gasteiger partial charge in [0.15, 0.2) is 0 Å². The van der Waals surface area contributed by atoms with Crippen LogP contribution in [0.5, 0.6) is 0 Å². The van der Waals surface area contributed by atoms with Gasteiger partial charge in [-0.2, -0.15) is 0 Å². The largest absolute Gasteiger partial charge is 0.330 e. The maximum absolute atomic E-state index is 10.6. The van der Waals surface area contributed by atoms with Crippen LogP contribution in [-0.2, 0) is 6.54 Å². The third-order valence-corrected chi connectivity index (χ3v) is 2.32. The molecule has 2 N–H and O–H groups in total. The Bertz CT molecular complexity index is 355. The van der Waals surface area contributed by atoms with Crippen LogP contribution in [0.25, 0.3) is 0 Å². The minimum Gasteiger partial charge on any atom is -0.330 e. The fraction of sp³-hybridized carbons (Fsp3) is 0.455. The van der Waals surface area contributed by atoms with E-state index in [1.807, 2.05) is 13.1 Å². The summed E-state index contributed by atoms with van der Waals surface area (Å²) in [6, 6.07) is 6.72. The fourth-order valence-electron chi connectivity index (χ4n) is 1.52. The topological polar surface area (TPSA) is 72.4 Å². The summed E-state index contributed by atoms with van der Waals surface area (Å²) in [5.74, 6) is 0. The summed E-state index contributed by atoms with van der Waals surface area (Å²) in [5, 5.41) is 10.6. The van der Waals surface area contributed by atoms with Crippen molar-refractivity contribution < 1.29 is 4.92 Å². The number of nitrogens with zero attached hydrogens (tertiary/aromatic N) is 2. The van der Waals surface area contributed by atoms with E-state index in [0.717, 1.165) is 18.5 Å². The second-order valence-corrected chi connectivity index (χ2v) is 3.81. The fourth-order valence-corrected chi connectivity index (χ4v) is 1.52. The zero-order chi connectivity index (χ0) is 12.0. The molecule has 5 heteroatoms. The Morgan fingerprint density at radius 2 is 2.25 bits per heavy atom. The molecule has 1 aromatic carbocycles. The van der Waals surface area contributed by atoms with Crippen molar-refractivity contribution in [2.24, 2.45) is 5.73 Å². The average molecular weight is 223 g/mol. The van der Waals surface area contributed by atoms with Crippen molar-refractivity contribution in [3.63, 3.8) is 0 Å². The van der Waals surface area contributed by atoms with E-state index < -0.39 is 0 Å². The van der Waals surface area contributed by atoms with Gasteiger partial charge < -0.3 is 10.6 Å². The summed E-state index contributed by atoms with van der Waals surface area (Å²) < 4.78 is 0. The highest BCUT2D eigenvalue weighted by Gasteiger charge is 2.06. The molecule has 0 aromatic heterocycles. The highest BCUT2D eigenvalue weighted by Crippen LogP contribution is 2.14. The maximum atomic E-state index is 10.6. The predicted octanol–water partition coefficient (Wildman–Crippen LogP) is 1.38. The van der Waals surface area contributed by atoms with Crippen LogP contribution in [0.15, 0.2) is 24.3 Å². The first kappa shape index (κ1) is 12.6. The third kappa shape index (κ3) is 3.96. The maximum Gasteiger partial charge on any atom is 0.269 e. The Hall–Kier alpha value is -1.46. The predicted molar refractivity (Wildman–Crippen MR) is 63.1 cm³/mol. The van der Waals surface area contributed by atoms with Crippen molar-refractivity contribution in [2.75, 3.05) is 20.1 Å². The molecule has 0 atom stereocenters. The number of non-ortho nitro benzene ring substituents is 1. The zero-order valence-electron chi connectivity index (χ0n) is 9.43. The number of benzene rings is 1. The lowest BCUT2D eigenvalue weighted by molar-refractivity contribution is -0.384. The Morgan fingerprint density at radius 3 is 2.88 bits per heavy atom. The molecule has 0 heterocycles. The monoisotopic (exact) mass is 223 g/mol. The minimum atomic E-state index is -0.372. The molecular weight excluding hydrogens is 206 g/mol. The van der Waals surface area contributed by atoms with Crippen molar-refractivity contribution in [3.05, 3.63) is 39.9 Å². The molecule has 1 rings (SSSR count). The summed E-state index contributed by atoms with van der Waals surface area (Å²) in [7, 11) is 1.98. The van der Waals surface area contributed by atoms with Crippen LogP contribution in [0, 0.1) is 10.1 Å². The number of rotatable bonds is 6. The lowest BCUT2D eigenvalue weighted by Crippen LogP contribution is -2.21. The molecule has 0 saturated carbocycles. The van der Waals surface area contributed by atoms with E-state index in [2.05, 4.69) is 4.90 Å². The van der Waals surface area contributed by atoms with Crippen molar-refractivity contribution in [1.29, 1.82) is 0 Å². The first-order valence-electron chi connectivity index (χ1n) is 5.25. The molecule has 16 heavy (non-hydrogen) atoms. The van der Waals surface area contributed by atoms with Crippen LogP contribution in [0.1, 0.15) is 12.0 Å². The number of nitro groups is 1. The average Bonchev–Trinajstić information content (AvgIpc) is 2.26. The van der Waals surface area contributed by atoms with Gasteiger partial charge in [0.25, 0.3) is 5.69 Å². The van der Waals surface area contributed by atoms with Crippen molar-refractivity contribution in [1.82, 2.24) is 4.90 Å². The smallest absolute Gasteiger partial charge is 0.269 e. The van der Waals surface area contributed by atoms with Gasteiger partial charge >= 0.3 is 0 Å². The van der Waals surface area contributed by atoms with Crippen LogP contribution in [0.3, 0.4) is 0 Å². The standard InChI is InChI=1S/C11H17N3O2/c1-13(7-3-6-12)9-10-4-2-5-11(8-10)14(15)16/h2,4-5,8H,3,6-7,9,12H2,1H3. The molecule has 0 saturated heterocycles. The van der Waals surface area contributed by atoms with Crippen LogP contribution < -0.4 is 5.73 Å². The van der Waals surface area contributed by atoms with E-state index >= 15 is 0 Å². The summed E-state index contributed by atoms with van der Waals surface area (Å²) in [6.07, 6.45) is 0.936. The van der Waals surface area contributed by atoms with Crippen LogP contribution in [-0.4, -0.2) is 30.0 Å². The number of nitro benzene ring substituents is 1. The second-order valence-electron chi connectivity index (χ2n) is 3.81. The van der Waals surface area contributed by atoms with Gasteiger partial charge in [-0.1, -0.05) is 12.1 Å². The zero-order valence-corrected chi connectivity index (χ0v) is 9.43. The second kappa shape index (κ2) is 6.19. The normalized spacial score (nSPS) is 10.7. The van der Waals surface area contributed by atoms with Crippen molar-refractivity contribution in [3.8, 4) is 0 Å². The van der Waals surface area contributed by atoms with Gasteiger partial charge in [0.05, 0.1) is 4.92 Å². The quantitative estimate of drug-likeness (QED) is 0.584. The van der Waals surface area contributed by atoms with E-state index in [-0.39, 0.29) is 10.6 Å². The molecule has 0 fully saturated rings. The molecule has 0 aliphatic carbocycles. The molecule has 0 aliphatic heterocycles. The van der Waals surface area contributed by atoms with Crippen molar-refractivity contribution >= 4 is 5.69 Å². The molecule has 1 aromatic rings. The number of nitrogens with two attached hydrogens (primary N) is 1. The van der Waals surface area contributed by atoms with Gasteiger partial charge in [-0.25, -0.2) is 0 Å². The molecule has 5 nitrogen and oxygen atoms in total. The van der Waals surface area contributed by atoms with Gasteiger partial charge in [0, 0.05) is 18.7 Å². The van der Waals surface area contributed by atoms with Crippen LogP contribution in [0.2, 0.25) is 0 Å². The first-order valence-corrected chi connectivity index (χ1v) is 5.25. The lowest BCUT2D eigenvalue weighted by Gasteiger charge is -2.15. The summed E-state index contributed by atoms with van der Waals surface area (Å²) in [5.41, 5.74) is 6.51. The van der Waals surface area contributed by atoms with E-state index in [9.17, 15) is 10.1 Å². The SMILES string of the molecule is CN(CCCN)Cc1cccc([N+](=O)[O-])c1. The molecule has 0 aliphatic rings. The number of hydrogen-bond donors (Lipinski definition) is 1. The Morgan fingerprint density at radius 1 is 1.50 bits per heavy atom. The summed E-state index contributed by atoms with van der Waals surface area (Å²) >= 11 is 0. The molecule has 0 amide bonds. The minimum absolute atomic E-state index is 0.143. The highest BCUT2D eigenvalue weighted by molar-refractivity contribution is 5.34. The van der Waals surface area contributed by atoms with Gasteiger partial charge in [0.2, 0.25) is 0 Å². The van der Waals surface area contributed by atoms with E-state index in [1.54, 1.807) is 12.1 Å². The van der Waals surface area contributed by atoms with Gasteiger partial charge in [-0.05, 0) is 32.1 Å². The van der Waals surface area contributed by atoms with Gasteiger partial charge in [0.1, 0.15) is 0 Å². The molecule has 0 bridgehead atoms. The van der Waals surface area contributed by atoms with E-state index in [0.29, 0.717) is 13.1 Å². The van der Waals surface area contributed by atoms with E-state index in [1.165, 1.54) is 6.07 Å². The van der Waals surface area contributed by atoms with Gasteiger partial charge in [-0.3, -0.25) is 10.1 Å². The van der Waals surface area contributed by atoms with Gasteiger partial charge in [-0.15, -0.1) is 0 Å². The molecule has 0 unspecified atom stereocenters. The van der Waals surface area contributed by atoms with Crippen LogP contribution >= 0.6 is 0 Å². The van der Waals surface area contributed by atoms with Crippen LogP contribution in [0.4, 0.5) is 5.69 Å².